The molecule has 0 N–H and O–H groups in total. The fraction of sp³-hybridized carbons (Fsp3) is 0.562. The predicted molar refractivity (Wildman–Crippen MR) is 83.5 cm³/mol. The zero-order valence-electron chi connectivity index (χ0n) is 13.4. The van der Waals surface area contributed by atoms with Gasteiger partial charge in [-0.25, -0.2) is 5.06 Å². The first kappa shape index (κ1) is 16.4. The molecule has 0 saturated carbocycles. The highest BCUT2D eigenvalue weighted by molar-refractivity contribution is 6.31. The molecule has 126 valence electrons. The molecule has 0 aliphatic carbocycles. The molecule has 2 aliphatic rings. The van der Waals surface area contributed by atoms with Crippen molar-refractivity contribution in [3.05, 3.63) is 22.7 Å². The highest BCUT2D eigenvalue weighted by Gasteiger charge is 2.40. The summed E-state index contributed by atoms with van der Waals surface area (Å²) in [5, 5.41) is 1.86. The van der Waals surface area contributed by atoms with Crippen LogP contribution in [0.25, 0.3) is 0 Å². The minimum atomic E-state index is -0.506. The van der Waals surface area contributed by atoms with Crippen molar-refractivity contribution in [1.82, 2.24) is 5.06 Å². The van der Waals surface area contributed by atoms with E-state index >= 15 is 0 Å². The van der Waals surface area contributed by atoms with Gasteiger partial charge in [0.1, 0.15) is 6.61 Å². The molecule has 2 heterocycles. The van der Waals surface area contributed by atoms with E-state index in [0.29, 0.717) is 36.3 Å². The van der Waals surface area contributed by atoms with Crippen molar-refractivity contribution in [2.24, 2.45) is 5.41 Å². The summed E-state index contributed by atoms with van der Waals surface area (Å²) in [5.41, 5.74) is 0.249. The van der Waals surface area contributed by atoms with Gasteiger partial charge in [-0.3, -0.25) is 9.63 Å². The number of hydroxylamine groups is 2. The predicted octanol–water partition coefficient (Wildman–Crippen LogP) is 2.43. The van der Waals surface area contributed by atoms with Crippen LogP contribution >= 0.6 is 11.6 Å². The number of methoxy groups -OCH3 is 1. The number of rotatable bonds is 4. The minimum Gasteiger partial charge on any atom is -0.486 e. The Hall–Kier alpha value is -1.50. The maximum Gasteiger partial charge on any atom is 0.254 e. The van der Waals surface area contributed by atoms with E-state index in [2.05, 4.69) is 0 Å². The topological polar surface area (TPSA) is 57.2 Å². The number of fused-ring (bicyclic) bond motifs is 1. The lowest BCUT2D eigenvalue weighted by atomic mass is 9.95. The second kappa shape index (κ2) is 6.19. The molecule has 1 aromatic rings. The van der Waals surface area contributed by atoms with Gasteiger partial charge in [-0.2, -0.15) is 0 Å². The van der Waals surface area contributed by atoms with E-state index in [9.17, 15) is 4.79 Å². The highest BCUT2D eigenvalue weighted by atomic mass is 35.5. The summed E-state index contributed by atoms with van der Waals surface area (Å²) < 4.78 is 16.6. The van der Waals surface area contributed by atoms with Gasteiger partial charge in [0.05, 0.1) is 25.2 Å². The van der Waals surface area contributed by atoms with Crippen molar-refractivity contribution >= 4 is 17.5 Å². The van der Waals surface area contributed by atoms with Crippen LogP contribution in [-0.2, 0) is 20.9 Å². The first-order valence-corrected chi connectivity index (χ1v) is 7.84. The number of carbonyl (C=O) groups is 1. The molecule has 1 fully saturated rings. The molecule has 1 atom stereocenters. The summed E-state index contributed by atoms with van der Waals surface area (Å²) >= 11 is 6.32. The van der Waals surface area contributed by atoms with Crippen molar-refractivity contribution in [3.8, 4) is 11.5 Å². The van der Waals surface area contributed by atoms with Crippen molar-refractivity contribution in [3.63, 3.8) is 0 Å². The number of hydrogen-bond donors (Lipinski definition) is 0. The molecule has 0 aromatic heterocycles. The van der Waals surface area contributed by atoms with Gasteiger partial charge in [0.25, 0.3) is 5.91 Å². The summed E-state index contributed by atoms with van der Waals surface area (Å²) in [4.78, 5) is 17.7. The van der Waals surface area contributed by atoms with E-state index in [0.717, 1.165) is 5.56 Å². The van der Waals surface area contributed by atoms with Crippen LogP contribution in [-0.4, -0.2) is 44.0 Å². The van der Waals surface area contributed by atoms with Crippen LogP contribution in [0.15, 0.2) is 12.1 Å². The lowest BCUT2D eigenvalue weighted by Crippen LogP contribution is -2.33. The summed E-state index contributed by atoms with van der Waals surface area (Å²) in [6, 6.07) is 3.50. The molecule has 6 nitrogen and oxygen atoms in total. The number of ether oxygens (including phenoxy) is 3. The van der Waals surface area contributed by atoms with E-state index in [1.54, 1.807) is 19.2 Å². The molecular weight excluding hydrogens is 322 g/mol. The number of benzene rings is 1. The van der Waals surface area contributed by atoms with Gasteiger partial charge in [-0.15, -0.1) is 0 Å². The second-order valence-corrected chi connectivity index (χ2v) is 6.80. The van der Waals surface area contributed by atoms with Gasteiger partial charge in [-0.1, -0.05) is 11.6 Å². The molecule has 1 aromatic carbocycles. The number of hydrogen-bond acceptors (Lipinski definition) is 5. The highest BCUT2D eigenvalue weighted by Crippen LogP contribution is 2.38. The SMILES string of the molecule is COCC1COc2cc(CN3OCC(C)(C)C3=O)c(Cl)cc2O1. The Morgan fingerprint density at radius 2 is 2.17 bits per heavy atom. The largest absolute Gasteiger partial charge is 0.486 e. The van der Waals surface area contributed by atoms with Crippen LogP contribution < -0.4 is 9.47 Å². The van der Waals surface area contributed by atoms with Crippen molar-refractivity contribution in [2.45, 2.75) is 26.5 Å². The average Bonchev–Trinajstić information content (AvgIpc) is 2.75. The normalized spacial score (nSPS) is 22.5. The third kappa shape index (κ3) is 3.24. The Morgan fingerprint density at radius 3 is 2.83 bits per heavy atom. The molecule has 1 unspecified atom stereocenters. The molecule has 23 heavy (non-hydrogen) atoms. The molecule has 0 spiro atoms. The van der Waals surface area contributed by atoms with Gasteiger partial charge in [0.2, 0.25) is 0 Å². The van der Waals surface area contributed by atoms with Crippen molar-refractivity contribution in [2.75, 3.05) is 26.9 Å². The summed E-state index contributed by atoms with van der Waals surface area (Å²) in [7, 11) is 1.61. The molecule has 0 radical (unpaired) electrons. The van der Waals surface area contributed by atoms with Gasteiger partial charge < -0.3 is 14.2 Å². The molecule has 0 bridgehead atoms. The van der Waals surface area contributed by atoms with Crippen LogP contribution in [0, 0.1) is 5.41 Å². The van der Waals surface area contributed by atoms with Crippen LogP contribution in [0.5, 0.6) is 11.5 Å². The number of amides is 1. The van der Waals surface area contributed by atoms with Crippen LogP contribution in [0.4, 0.5) is 0 Å². The van der Waals surface area contributed by atoms with Crippen LogP contribution in [0.3, 0.4) is 0 Å². The molecule has 1 amide bonds. The summed E-state index contributed by atoms with van der Waals surface area (Å²) in [6.07, 6.45) is -0.154. The van der Waals surface area contributed by atoms with Gasteiger partial charge in [0.15, 0.2) is 17.6 Å². The first-order valence-electron chi connectivity index (χ1n) is 7.46. The lowest BCUT2D eigenvalue weighted by Gasteiger charge is -2.27. The van der Waals surface area contributed by atoms with E-state index < -0.39 is 5.41 Å². The lowest BCUT2D eigenvalue weighted by molar-refractivity contribution is -0.165. The molecule has 3 rings (SSSR count). The standard InChI is InChI=1S/C16H20ClNO5/c1-16(2)9-22-18(15(16)19)6-10-4-13-14(5-12(10)17)23-11(7-20-3)8-21-13/h4-5,11H,6-9H2,1-3H3. The number of carbonyl (C=O) groups excluding carboxylic acids is 1. The molecule has 1 saturated heterocycles. The van der Waals surface area contributed by atoms with E-state index in [1.165, 1.54) is 5.06 Å². The van der Waals surface area contributed by atoms with Gasteiger partial charge >= 0.3 is 0 Å². The Balaban J connectivity index is 1.76. The van der Waals surface area contributed by atoms with Gasteiger partial charge in [-0.05, 0) is 25.5 Å². The van der Waals surface area contributed by atoms with Crippen LogP contribution in [0.2, 0.25) is 5.02 Å². The van der Waals surface area contributed by atoms with E-state index in [4.69, 9.17) is 30.6 Å². The summed E-state index contributed by atoms with van der Waals surface area (Å²) in [6.45, 7) is 5.22. The van der Waals surface area contributed by atoms with Crippen LogP contribution in [0.1, 0.15) is 19.4 Å². The smallest absolute Gasteiger partial charge is 0.254 e. The summed E-state index contributed by atoms with van der Waals surface area (Å²) in [5.74, 6) is 1.15. The Kier molecular flexibility index (Phi) is 4.40. The van der Waals surface area contributed by atoms with Gasteiger partial charge in [0, 0.05) is 18.2 Å². The average molecular weight is 342 g/mol. The number of halogens is 1. The Morgan fingerprint density at radius 1 is 1.39 bits per heavy atom. The fourth-order valence-electron chi connectivity index (χ4n) is 2.54. The monoisotopic (exact) mass is 341 g/mol. The zero-order valence-corrected chi connectivity index (χ0v) is 14.2. The quantitative estimate of drug-likeness (QED) is 0.841. The number of nitrogens with zero attached hydrogens (tertiary/aromatic N) is 1. The first-order chi connectivity index (χ1) is 10.9. The third-order valence-corrected chi connectivity index (χ3v) is 4.24. The maximum atomic E-state index is 12.2. The van der Waals surface area contributed by atoms with E-state index in [-0.39, 0.29) is 18.6 Å². The zero-order chi connectivity index (χ0) is 16.6. The second-order valence-electron chi connectivity index (χ2n) is 6.40. The Labute approximate surface area is 140 Å². The minimum absolute atomic E-state index is 0.0522. The maximum absolute atomic E-state index is 12.2. The van der Waals surface area contributed by atoms with Crippen molar-refractivity contribution < 1.29 is 23.8 Å². The Bertz CT molecular complexity index is 619. The molecule has 7 heteroatoms. The fourth-order valence-corrected chi connectivity index (χ4v) is 2.75. The third-order valence-electron chi connectivity index (χ3n) is 3.88. The molecule has 2 aliphatic heterocycles. The van der Waals surface area contributed by atoms with Crippen molar-refractivity contribution in [1.29, 1.82) is 0 Å². The van der Waals surface area contributed by atoms with E-state index in [1.807, 2.05) is 13.8 Å². The molecular formula is C16H20ClNO5.